The van der Waals surface area contributed by atoms with Crippen LogP contribution in [0.1, 0.15) is 24.9 Å². The number of rotatable bonds is 4. The van der Waals surface area contributed by atoms with E-state index in [4.69, 9.17) is 4.74 Å². The lowest BCUT2D eigenvalue weighted by Gasteiger charge is -2.24. The molecule has 1 aliphatic heterocycles. The molecule has 0 bridgehead atoms. The van der Waals surface area contributed by atoms with E-state index in [1.54, 1.807) is 6.07 Å². The number of phenols is 2. The minimum absolute atomic E-state index is 0.0336. The standard InChI is InChI=1S/C13H19NO4/c1-9(11-3-2-10(15)6-12(11)16)14-7-13(17)4-5-18-8-13/h2-3,6,9,14-17H,4-5,7-8H2,1H3. The van der Waals surface area contributed by atoms with Gasteiger partial charge in [-0.3, -0.25) is 0 Å². The van der Waals surface area contributed by atoms with Gasteiger partial charge >= 0.3 is 0 Å². The molecule has 2 unspecified atom stereocenters. The highest BCUT2D eigenvalue weighted by molar-refractivity contribution is 5.40. The van der Waals surface area contributed by atoms with Gasteiger partial charge < -0.3 is 25.4 Å². The third-order valence-corrected chi connectivity index (χ3v) is 3.30. The molecule has 0 amide bonds. The van der Waals surface area contributed by atoms with E-state index >= 15 is 0 Å². The summed E-state index contributed by atoms with van der Waals surface area (Å²) in [5, 5.41) is 32.2. The Labute approximate surface area is 106 Å². The Morgan fingerprint density at radius 1 is 1.44 bits per heavy atom. The van der Waals surface area contributed by atoms with Gasteiger partial charge in [-0.25, -0.2) is 0 Å². The maximum absolute atomic E-state index is 10.1. The van der Waals surface area contributed by atoms with E-state index in [0.29, 0.717) is 31.7 Å². The molecular formula is C13H19NO4. The first-order valence-electron chi connectivity index (χ1n) is 6.06. The summed E-state index contributed by atoms with van der Waals surface area (Å²) in [6.07, 6.45) is 0.619. The fourth-order valence-electron chi connectivity index (χ4n) is 2.09. The van der Waals surface area contributed by atoms with Crippen LogP contribution in [-0.4, -0.2) is 40.7 Å². The number of hydrogen-bond donors (Lipinski definition) is 4. The topological polar surface area (TPSA) is 82.0 Å². The molecule has 100 valence electrons. The molecule has 1 saturated heterocycles. The second-order valence-electron chi connectivity index (χ2n) is 4.87. The second kappa shape index (κ2) is 5.14. The minimum Gasteiger partial charge on any atom is -0.508 e. The summed E-state index contributed by atoms with van der Waals surface area (Å²) in [5.41, 5.74) is -0.129. The number of aliphatic hydroxyl groups is 1. The van der Waals surface area contributed by atoms with Crippen molar-refractivity contribution >= 4 is 0 Å². The summed E-state index contributed by atoms with van der Waals surface area (Å²) in [6.45, 7) is 3.23. The van der Waals surface area contributed by atoms with Crippen LogP contribution in [-0.2, 0) is 4.74 Å². The van der Waals surface area contributed by atoms with Gasteiger partial charge in [-0.1, -0.05) is 6.07 Å². The Kier molecular flexibility index (Phi) is 3.75. The predicted molar refractivity (Wildman–Crippen MR) is 66.6 cm³/mol. The SMILES string of the molecule is CC(NCC1(O)CCOC1)c1ccc(O)cc1O. The van der Waals surface area contributed by atoms with Gasteiger partial charge in [0.25, 0.3) is 0 Å². The fourth-order valence-corrected chi connectivity index (χ4v) is 2.09. The summed E-state index contributed by atoms with van der Waals surface area (Å²) in [5.74, 6) is 0.0796. The van der Waals surface area contributed by atoms with Gasteiger partial charge in [0.15, 0.2) is 0 Å². The molecule has 0 spiro atoms. The average molecular weight is 253 g/mol. The molecule has 1 aliphatic rings. The third-order valence-electron chi connectivity index (χ3n) is 3.30. The van der Waals surface area contributed by atoms with E-state index in [9.17, 15) is 15.3 Å². The number of nitrogens with one attached hydrogen (secondary N) is 1. The zero-order valence-corrected chi connectivity index (χ0v) is 10.4. The Morgan fingerprint density at radius 3 is 2.83 bits per heavy atom. The predicted octanol–water partition coefficient (Wildman–Crippen LogP) is 0.900. The van der Waals surface area contributed by atoms with Crippen molar-refractivity contribution in [2.45, 2.75) is 25.0 Å². The van der Waals surface area contributed by atoms with Gasteiger partial charge in [0.1, 0.15) is 17.1 Å². The van der Waals surface area contributed by atoms with Crippen molar-refractivity contribution in [3.8, 4) is 11.5 Å². The van der Waals surface area contributed by atoms with Crippen molar-refractivity contribution in [3.05, 3.63) is 23.8 Å². The van der Waals surface area contributed by atoms with Crippen LogP contribution in [0, 0.1) is 0 Å². The first-order chi connectivity index (χ1) is 8.50. The van der Waals surface area contributed by atoms with Gasteiger partial charge in [0, 0.05) is 37.2 Å². The molecule has 2 atom stereocenters. The van der Waals surface area contributed by atoms with E-state index in [0.717, 1.165) is 0 Å². The highest BCUT2D eigenvalue weighted by Gasteiger charge is 2.32. The fraction of sp³-hybridized carbons (Fsp3) is 0.538. The summed E-state index contributed by atoms with van der Waals surface area (Å²) in [6, 6.07) is 4.38. The van der Waals surface area contributed by atoms with Gasteiger partial charge in [0.05, 0.1) is 6.61 Å². The maximum Gasteiger partial charge on any atom is 0.124 e. The molecule has 0 radical (unpaired) electrons. The first-order valence-corrected chi connectivity index (χ1v) is 6.06. The Bertz CT molecular complexity index is 415. The molecule has 1 fully saturated rings. The number of hydrogen-bond acceptors (Lipinski definition) is 5. The van der Waals surface area contributed by atoms with E-state index < -0.39 is 5.60 Å². The normalized spacial score (nSPS) is 25.2. The zero-order chi connectivity index (χ0) is 13.2. The molecule has 4 N–H and O–H groups in total. The zero-order valence-electron chi connectivity index (χ0n) is 10.4. The molecule has 1 aromatic rings. The highest BCUT2D eigenvalue weighted by Crippen LogP contribution is 2.28. The van der Waals surface area contributed by atoms with Crippen molar-refractivity contribution in [1.82, 2.24) is 5.32 Å². The number of aromatic hydroxyl groups is 2. The van der Waals surface area contributed by atoms with Gasteiger partial charge in [-0.05, 0) is 13.0 Å². The highest BCUT2D eigenvalue weighted by atomic mass is 16.5. The third kappa shape index (κ3) is 2.93. The molecule has 0 aromatic heterocycles. The van der Waals surface area contributed by atoms with Crippen molar-refractivity contribution in [2.75, 3.05) is 19.8 Å². The minimum atomic E-state index is -0.819. The molecule has 0 aliphatic carbocycles. The monoisotopic (exact) mass is 253 g/mol. The van der Waals surface area contributed by atoms with Crippen molar-refractivity contribution in [3.63, 3.8) is 0 Å². The Balaban J connectivity index is 1.97. The van der Waals surface area contributed by atoms with E-state index in [2.05, 4.69) is 5.32 Å². The van der Waals surface area contributed by atoms with E-state index in [1.165, 1.54) is 12.1 Å². The molecule has 18 heavy (non-hydrogen) atoms. The van der Waals surface area contributed by atoms with Crippen LogP contribution in [0.5, 0.6) is 11.5 Å². The molecule has 1 heterocycles. The summed E-state index contributed by atoms with van der Waals surface area (Å²) in [7, 11) is 0. The summed E-state index contributed by atoms with van der Waals surface area (Å²) in [4.78, 5) is 0. The van der Waals surface area contributed by atoms with Crippen LogP contribution in [0.2, 0.25) is 0 Å². The van der Waals surface area contributed by atoms with Crippen molar-refractivity contribution in [1.29, 1.82) is 0 Å². The lowest BCUT2D eigenvalue weighted by atomic mass is 10.0. The van der Waals surface area contributed by atoms with E-state index in [1.807, 2.05) is 6.92 Å². The smallest absolute Gasteiger partial charge is 0.124 e. The quantitative estimate of drug-likeness (QED) is 0.641. The summed E-state index contributed by atoms with van der Waals surface area (Å²) >= 11 is 0. The molecular weight excluding hydrogens is 234 g/mol. The van der Waals surface area contributed by atoms with Gasteiger partial charge in [-0.15, -0.1) is 0 Å². The molecule has 0 saturated carbocycles. The number of benzene rings is 1. The maximum atomic E-state index is 10.1. The summed E-state index contributed by atoms with van der Waals surface area (Å²) < 4.78 is 5.17. The van der Waals surface area contributed by atoms with Crippen LogP contribution >= 0.6 is 0 Å². The first kappa shape index (κ1) is 13.1. The van der Waals surface area contributed by atoms with Crippen LogP contribution < -0.4 is 5.32 Å². The second-order valence-corrected chi connectivity index (χ2v) is 4.87. The van der Waals surface area contributed by atoms with E-state index in [-0.39, 0.29) is 17.5 Å². The van der Waals surface area contributed by atoms with Gasteiger partial charge in [-0.2, -0.15) is 0 Å². The molecule has 2 rings (SSSR count). The molecule has 5 heteroatoms. The Hall–Kier alpha value is -1.30. The lowest BCUT2D eigenvalue weighted by Crippen LogP contribution is -2.41. The van der Waals surface area contributed by atoms with Gasteiger partial charge in [0.2, 0.25) is 0 Å². The largest absolute Gasteiger partial charge is 0.508 e. The average Bonchev–Trinajstić information content (AvgIpc) is 2.74. The van der Waals surface area contributed by atoms with Crippen LogP contribution in [0.25, 0.3) is 0 Å². The van der Waals surface area contributed by atoms with Crippen molar-refractivity contribution < 1.29 is 20.1 Å². The lowest BCUT2D eigenvalue weighted by molar-refractivity contribution is 0.0251. The molecule has 1 aromatic carbocycles. The molecule has 5 nitrogen and oxygen atoms in total. The van der Waals surface area contributed by atoms with Crippen LogP contribution in [0.15, 0.2) is 18.2 Å². The van der Waals surface area contributed by atoms with Crippen LogP contribution in [0.4, 0.5) is 0 Å². The van der Waals surface area contributed by atoms with Crippen molar-refractivity contribution in [2.24, 2.45) is 0 Å². The number of ether oxygens (including phenoxy) is 1. The number of phenolic OH excluding ortho intramolecular Hbond substituents is 2. The van der Waals surface area contributed by atoms with Crippen LogP contribution in [0.3, 0.4) is 0 Å². The Morgan fingerprint density at radius 2 is 2.22 bits per heavy atom.